The van der Waals surface area contributed by atoms with E-state index in [2.05, 4.69) is 25.9 Å². The maximum atomic E-state index is 5.57. The van der Waals surface area contributed by atoms with Gasteiger partial charge in [0.2, 0.25) is 0 Å². The van der Waals surface area contributed by atoms with E-state index in [9.17, 15) is 0 Å². The van der Waals surface area contributed by atoms with E-state index in [1.54, 1.807) is 12.4 Å². The van der Waals surface area contributed by atoms with E-state index in [1.165, 1.54) is 0 Å². The van der Waals surface area contributed by atoms with Crippen molar-refractivity contribution in [1.82, 2.24) is 9.97 Å². The molecule has 1 aromatic rings. The van der Waals surface area contributed by atoms with Crippen LogP contribution in [0.4, 0.5) is 0 Å². The summed E-state index contributed by atoms with van der Waals surface area (Å²) in [6.45, 7) is 1.90. The molecule has 0 unspecified atom stereocenters. The first-order valence-electron chi connectivity index (χ1n) is 2.93. The molecule has 4 heteroatoms. The average Bonchev–Trinajstić information content (AvgIpc) is 1.88. The van der Waals surface area contributed by atoms with E-state index in [4.69, 9.17) is 5.73 Å². The quantitative estimate of drug-likeness (QED) is 0.697. The van der Waals surface area contributed by atoms with Crippen molar-refractivity contribution in [3.8, 4) is 0 Å². The van der Waals surface area contributed by atoms with Crippen molar-refractivity contribution < 1.29 is 0 Å². The van der Waals surface area contributed by atoms with Crippen molar-refractivity contribution in [2.45, 2.75) is 13.0 Å². The van der Waals surface area contributed by atoms with Crippen LogP contribution in [-0.2, 0) is 0 Å². The zero-order chi connectivity index (χ0) is 7.56. The predicted octanol–water partition coefficient (Wildman–Crippen LogP) is 1.26. The molecule has 0 saturated carbocycles. The summed E-state index contributed by atoms with van der Waals surface area (Å²) < 4.78 is 0.594. The highest BCUT2D eigenvalue weighted by Crippen LogP contribution is 2.07. The highest BCUT2D eigenvalue weighted by atomic mass is 79.9. The third-order valence-corrected chi connectivity index (χ3v) is 1.58. The molecule has 1 rings (SSSR count). The molecule has 0 saturated heterocycles. The molecule has 2 N–H and O–H groups in total. The second-order valence-corrected chi connectivity index (χ2v) is 2.78. The van der Waals surface area contributed by atoms with E-state index in [1.807, 2.05) is 6.92 Å². The van der Waals surface area contributed by atoms with Crippen LogP contribution in [0.5, 0.6) is 0 Å². The van der Waals surface area contributed by atoms with Gasteiger partial charge in [0.15, 0.2) is 4.73 Å². The van der Waals surface area contributed by atoms with Crippen LogP contribution in [0.15, 0.2) is 17.1 Å². The number of hydrogen-bond acceptors (Lipinski definition) is 3. The Morgan fingerprint density at radius 3 is 2.40 bits per heavy atom. The van der Waals surface area contributed by atoms with Gasteiger partial charge in [0.1, 0.15) is 0 Å². The largest absolute Gasteiger partial charge is 0.324 e. The van der Waals surface area contributed by atoms with Crippen LogP contribution in [0.25, 0.3) is 0 Å². The SMILES string of the molecule is C[C@H](N)c1cnc(Br)nc1. The Morgan fingerprint density at radius 1 is 1.50 bits per heavy atom. The van der Waals surface area contributed by atoms with E-state index in [0.717, 1.165) is 5.56 Å². The molecule has 0 radical (unpaired) electrons. The van der Waals surface area contributed by atoms with Gasteiger partial charge in [-0.1, -0.05) is 0 Å². The van der Waals surface area contributed by atoms with Gasteiger partial charge in [-0.3, -0.25) is 0 Å². The molecular weight excluding hydrogens is 194 g/mol. The minimum atomic E-state index is 0.00750. The molecule has 0 spiro atoms. The van der Waals surface area contributed by atoms with E-state index < -0.39 is 0 Å². The third kappa shape index (κ3) is 1.75. The number of nitrogens with zero attached hydrogens (tertiary/aromatic N) is 2. The van der Waals surface area contributed by atoms with Gasteiger partial charge >= 0.3 is 0 Å². The Labute approximate surface area is 67.8 Å². The van der Waals surface area contributed by atoms with Crippen LogP contribution < -0.4 is 5.73 Å². The van der Waals surface area contributed by atoms with Gasteiger partial charge in [-0.15, -0.1) is 0 Å². The first-order chi connectivity index (χ1) is 4.70. The zero-order valence-corrected chi connectivity index (χ0v) is 7.17. The van der Waals surface area contributed by atoms with Crippen LogP contribution >= 0.6 is 15.9 Å². The van der Waals surface area contributed by atoms with Gasteiger partial charge in [0, 0.05) is 24.0 Å². The first-order valence-corrected chi connectivity index (χ1v) is 3.72. The Balaban J connectivity index is 2.89. The Kier molecular flexibility index (Phi) is 2.34. The van der Waals surface area contributed by atoms with Gasteiger partial charge in [-0.25, -0.2) is 9.97 Å². The van der Waals surface area contributed by atoms with Crippen molar-refractivity contribution in [2.24, 2.45) is 5.73 Å². The van der Waals surface area contributed by atoms with E-state index in [-0.39, 0.29) is 6.04 Å². The summed E-state index contributed by atoms with van der Waals surface area (Å²) in [4.78, 5) is 7.85. The lowest BCUT2D eigenvalue weighted by atomic mass is 10.2. The first kappa shape index (κ1) is 7.63. The second-order valence-electron chi connectivity index (χ2n) is 2.07. The van der Waals surface area contributed by atoms with Crippen molar-refractivity contribution >= 4 is 15.9 Å². The highest BCUT2D eigenvalue weighted by Gasteiger charge is 1.98. The normalized spacial score (nSPS) is 13.1. The molecule has 1 aromatic heterocycles. The van der Waals surface area contributed by atoms with Gasteiger partial charge in [-0.2, -0.15) is 0 Å². The molecule has 1 atom stereocenters. The summed E-state index contributed by atoms with van der Waals surface area (Å²) in [5.74, 6) is 0. The number of nitrogens with two attached hydrogens (primary N) is 1. The maximum Gasteiger partial charge on any atom is 0.196 e. The fourth-order valence-corrected chi connectivity index (χ4v) is 0.762. The third-order valence-electron chi connectivity index (χ3n) is 1.17. The number of hydrogen-bond donors (Lipinski definition) is 1. The molecule has 10 heavy (non-hydrogen) atoms. The Bertz CT molecular complexity index is 207. The van der Waals surface area contributed by atoms with Crippen LogP contribution in [0, 0.1) is 0 Å². The van der Waals surface area contributed by atoms with Crippen molar-refractivity contribution in [3.05, 3.63) is 22.7 Å². The fraction of sp³-hybridized carbons (Fsp3) is 0.333. The minimum Gasteiger partial charge on any atom is -0.324 e. The smallest absolute Gasteiger partial charge is 0.196 e. The summed E-state index contributed by atoms with van der Waals surface area (Å²) in [5, 5.41) is 0. The molecular formula is C6H8BrN3. The lowest BCUT2D eigenvalue weighted by Crippen LogP contribution is -2.05. The summed E-state index contributed by atoms with van der Waals surface area (Å²) in [6.07, 6.45) is 3.42. The molecule has 0 aromatic carbocycles. The molecule has 0 bridgehead atoms. The lowest BCUT2D eigenvalue weighted by Gasteiger charge is -2.01. The van der Waals surface area contributed by atoms with Gasteiger partial charge in [0.25, 0.3) is 0 Å². The average molecular weight is 202 g/mol. The van der Waals surface area contributed by atoms with Crippen molar-refractivity contribution in [3.63, 3.8) is 0 Å². The monoisotopic (exact) mass is 201 g/mol. The molecule has 54 valence electrons. The lowest BCUT2D eigenvalue weighted by molar-refractivity contribution is 0.799. The Hall–Kier alpha value is -0.480. The molecule has 3 nitrogen and oxygen atoms in total. The van der Waals surface area contributed by atoms with Crippen LogP contribution in [-0.4, -0.2) is 9.97 Å². The number of halogens is 1. The second kappa shape index (κ2) is 3.07. The van der Waals surface area contributed by atoms with Gasteiger partial charge < -0.3 is 5.73 Å². The number of aromatic nitrogens is 2. The summed E-state index contributed by atoms with van der Waals surface area (Å²) >= 11 is 3.13. The molecule has 0 amide bonds. The van der Waals surface area contributed by atoms with Crippen LogP contribution in [0.3, 0.4) is 0 Å². The predicted molar refractivity (Wildman–Crippen MR) is 42.3 cm³/mol. The van der Waals surface area contributed by atoms with Crippen molar-refractivity contribution in [1.29, 1.82) is 0 Å². The van der Waals surface area contributed by atoms with Crippen LogP contribution in [0.1, 0.15) is 18.5 Å². The number of rotatable bonds is 1. The Morgan fingerprint density at radius 2 is 2.00 bits per heavy atom. The molecule has 0 fully saturated rings. The zero-order valence-electron chi connectivity index (χ0n) is 5.58. The standard InChI is InChI=1S/C6H8BrN3/c1-4(8)5-2-9-6(7)10-3-5/h2-4H,8H2,1H3/t4-/m0/s1. The van der Waals surface area contributed by atoms with Gasteiger partial charge in [-0.05, 0) is 22.9 Å². The minimum absolute atomic E-state index is 0.00750. The molecule has 0 aliphatic carbocycles. The van der Waals surface area contributed by atoms with E-state index >= 15 is 0 Å². The summed E-state index contributed by atoms with van der Waals surface area (Å²) in [6, 6.07) is 0.00750. The summed E-state index contributed by atoms with van der Waals surface area (Å²) in [5.41, 5.74) is 6.52. The molecule has 0 aliphatic heterocycles. The maximum absolute atomic E-state index is 5.57. The van der Waals surface area contributed by atoms with Gasteiger partial charge in [0.05, 0.1) is 0 Å². The highest BCUT2D eigenvalue weighted by molar-refractivity contribution is 9.10. The topological polar surface area (TPSA) is 51.8 Å². The molecule has 1 heterocycles. The molecule has 0 aliphatic rings. The van der Waals surface area contributed by atoms with Crippen molar-refractivity contribution in [2.75, 3.05) is 0 Å². The summed E-state index contributed by atoms with van der Waals surface area (Å²) in [7, 11) is 0. The van der Waals surface area contributed by atoms with Crippen LogP contribution in [0.2, 0.25) is 0 Å². The fourth-order valence-electron chi connectivity index (χ4n) is 0.557. The van der Waals surface area contributed by atoms with E-state index in [0.29, 0.717) is 4.73 Å².